The van der Waals surface area contributed by atoms with Crippen LogP contribution in [-0.2, 0) is 29.1 Å². The first-order valence-electron chi connectivity index (χ1n) is 16.0. The van der Waals surface area contributed by atoms with Crippen LogP contribution in [-0.4, -0.2) is 40.0 Å². The van der Waals surface area contributed by atoms with E-state index < -0.39 is 18.0 Å². The standard InChI is InChI=1S/C37H39N5O4S/c1-42(21-25-7-13-30(14-8-25)35(43)46-36(44)33(38)19-31-20-39-24-40-31)37-41-34(23-47-37)29-15-17-32(18-16-29)45-22-26-9-11-28(12-10-26)27-5-3-2-4-6-27/h7-18,20,23-24,27,33H,2-6,19,21-22,38H2,1H3,(H,39,40)/t33-/m0/s1. The van der Waals surface area contributed by atoms with Crippen molar-refractivity contribution < 1.29 is 19.1 Å². The van der Waals surface area contributed by atoms with E-state index in [0.29, 0.717) is 24.8 Å². The van der Waals surface area contributed by atoms with Gasteiger partial charge in [-0.05, 0) is 71.8 Å². The Bertz CT molecular complexity index is 1750. The van der Waals surface area contributed by atoms with E-state index >= 15 is 0 Å². The summed E-state index contributed by atoms with van der Waals surface area (Å²) in [6.45, 7) is 1.13. The molecule has 6 rings (SSSR count). The fraction of sp³-hybridized carbons (Fsp3) is 0.297. The van der Waals surface area contributed by atoms with E-state index in [-0.39, 0.29) is 12.0 Å². The van der Waals surface area contributed by atoms with Crippen LogP contribution in [0.4, 0.5) is 5.13 Å². The summed E-state index contributed by atoms with van der Waals surface area (Å²) in [5, 5.41) is 2.92. The van der Waals surface area contributed by atoms with E-state index in [0.717, 1.165) is 27.7 Å². The van der Waals surface area contributed by atoms with Gasteiger partial charge in [0, 0.05) is 42.8 Å². The summed E-state index contributed by atoms with van der Waals surface area (Å²) in [7, 11) is 1.98. The number of aromatic nitrogens is 3. The van der Waals surface area contributed by atoms with Crippen molar-refractivity contribution in [3.63, 3.8) is 0 Å². The van der Waals surface area contributed by atoms with Gasteiger partial charge in [-0.15, -0.1) is 11.3 Å². The summed E-state index contributed by atoms with van der Waals surface area (Å²) >= 11 is 1.57. The minimum atomic E-state index is -0.972. The molecule has 1 atom stereocenters. The third-order valence-corrected chi connectivity index (χ3v) is 9.49. The number of hydrogen-bond donors (Lipinski definition) is 2. The van der Waals surface area contributed by atoms with Crippen LogP contribution in [0.1, 0.15) is 70.8 Å². The molecule has 0 amide bonds. The summed E-state index contributed by atoms with van der Waals surface area (Å²) in [5.41, 5.74) is 12.4. The predicted octanol–water partition coefficient (Wildman–Crippen LogP) is 7.05. The number of carbonyl (C=O) groups excluding carboxylic acids is 2. The molecule has 3 aromatic carbocycles. The molecule has 10 heteroatoms. The van der Waals surface area contributed by atoms with Gasteiger partial charge in [0.2, 0.25) is 0 Å². The summed E-state index contributed by atoms with van der Waals surface area (Å²) in [4.78, 5) is 38.4. The highest BCUT2D eigenvalue weighted by atomic mass is 32.1. The second-order valence-corrected chi connectivity index (χ2v) is 12.9. The number of nitrogens with one attached hydrogen (secondary N) is 1. The first kappa shape index (κ1) is 32.2. The Balaban J connectivity index is 0.974. The predicted molar refractivity (Wildman–Crippen MR) is 183 cm³/mol. The van der Waals surface area contributed by atoms with Crippen molar-refractivity contribution >= 4 is 28.4 Å². The number of carbonyl (C=O) groups is 2. The Labute approximate surface area is 278 Å². The number of anilines is 1. The van der Waals surface area contributed by atoms with Crippen LogP contribution in [0.25, 0.3) is 11.3 Å². The van der Waals surface area contributed by atoms with Crippen LogP contribution < -0.4 is 15.4 Å². The minimum absolute atomic E-state index is 0.200. The van der Waals surface area contributed by atoms with Gasteiger partial charge in [-0.25, -0.2) is 19.6 Å². The zero-order valence-electron chi connectivity index (χ0n) is 26.4. The molecular formula is C37H39N5O4S. The number of thiazole rings is 1. The van der Waals surface area contributed by atoms with Crippen molar-refractivity contribution in [1.29, 1.82) is 0 Å². The van der Waals surface area contributed by atoms with Gasteiger partial charge in [0.25, 0.3) is 0 Å². The number of aromatic amines is 1. The first-order valence-corrected chi connectivity index (χ1v) is 16.9. The molecule has 0 saturated heterocycles. The molecule has 0 spiro atoms. The van der Waals surface area contributed by atoms with Gasteiger partial charge in [0.1, 0.15) is 18.4 Å². The number of esters is 2. The number of ether oxygens (including phenoxy) is 2. The molecule has 2 heterocycles. The van der Waals surface area contributed by atoms with Crippen molar-refractivity contribution in [2.45, 2.75) is 63.6 Å². The highest BCUT2D eigenvalue weighted by molar-refractivity contribution is 7.14. The average molecular weight is 650 g/mol. The SMILES string of the molecule is CN(Cc1ccc(C(=O)OC(=O)[C@@H](N)Cc2cnc[nH]2)cc1)c1nc(-c2ccc(OCc3ccc(C4CCCCC4)cc3)cc2)cs1. The molecule has 2 aromatic heterocycles. The molecule has 0 unspecified atom stereocenters. The fourth-order valence-corrected chi connectivity index (χ4v) is 6.61. The number of nitrogens with zero attached hydrogens (tertiary/aromatic N) is 3. The lowest BCUT2D eigenvalue weighted by Gasteiger charge is -2.22. The van der Waals surface area contributed by atoms with Crippen molar-refractivity contribution in [3.8, 4) is 17.0 Å². The molecule has 9 nitrogen and oxygen atoms in total. The van der Waals surface area contributed by atoms with Gasteiger partial charge in [-0.2, -0.15) is 0 Å². The monoisotopic (exact) mass is 649 g/mol. The van der Waals surface area contributed by atoms with Crippen molar-refractivity contribution in [2.75, 3.05) is 11.9 Å². The first-order chi connectivity index (χ1) is 22.9. The van der Waals surface area contributed by atoms with Crippen LogP contribution in [0.15, 0.2) is 90.7 Å². The zero-order valence-corrected chi connectivity index (χ0v) is 27.2. The van der Waals surface area contributed by atoms with E-state index in [1.54, 1.807) is 29.7 Å². The van der Waals surface area contributed by atoms with E-state index in [1.165, 1.54) is 49.6 Å². The maximum Gasteiger partial charge on any atom is 0.345 e. The van der Waals surface area contributed by atoms with Crippen LogP contribution in [0.3, 0.4) is 0 Å². The lowest BCUT2D eigenvalue weighted by atomic mass is 9.84. The van der Waals surface area contributed by atoms with Crippen LogP contribution in [0.5, 0.6) is 5.75 Å². The van der Waals surface area contributed by atoms with E-state index in [4.69, 9.17) is 20.2 Å². The summed E-state index contributed by atoms with van der Waals surface area (Å²) < 4.78 is 11.1. The number of nitrogens with two attached hydrogens (primary N) is 1. The Morgan fingerprint density at radius 1 is 0.979 bits per heavy atom. The van der Waals surface area contributed by atoms with Crippen molar-refractivity contribution in [1.82, 2.24) is 15.0 Å². The van der Waals surface area contributed by atoms with Gasteiger partial charge in [-0.3, -0.25) is 0 Å². The maximum atomic E-state index is 12.5. The zero-order chi connectivity index (χ0) is 32.6. The second kappa shape index (κ2) is 15.2. The van der Waals surface area contributed by atoms with Gasteiger partial charge < -0.3 is 25.1 Å². The van der Waals surface area contributed by atoms with Crippen LogP contribution in [0.2, 0.25) is 0 Å². The highest BCUT2D eigenvalue weighted by Gasteiger charge is 2.21. The van der Waals surface area contributed by atoms with Crippen molar-refractivity contribution in [3.05, 3.63) is 119 Å². The van der Waals surface area contributed by atoms with E-state index in [2.05, 4.69) is 39.1 Å². The topological polar surface area (TPSA) is 123 Å². The molecule has 1 aliphatic rings. The van der Waals surface area contributed by atoms with Gasteiger partial charge in [0.05, 0.1) is 17.6 Å². The maximum absolute atomic E-state index is 12.5. The number of hydrogen-bond acceptors (Lipinski definition) is 9. The lowest BCUT2D eigenvalue weighted by Crippen LogP contribution is -2.35. The number of rotatable bonds is 12. The Kier molecular flexibility index (Phi) is 10.4. The van der Waals surface area contributed by atoms with Crippen LogP contribution >= 0.6 is 11.3 Å². The Morgan fingerprint density at radius 2 is 1.70 bits per heavy atom. The largest absolute Gasteiger partial charge is 0.489 e. The smallest absolute Gasteiger partial charge is 0.345 e. The number of imidazole rings is 1. The molecule has 5 aromatic rings. The summed E-state index contributed by atoms with van der Waals surface area (Å²) in [5.74, 6) is 0.0154. The molecule has 3 N–H and O–H groups in total. The Morgan fingerprint density at radius 3 is 2.40 bits per heavy atom. The number of benzene rings is 3. The second-order valence-electron chi connectivity index (χ2n) is 12.1. The summed E-state index contributed by atoms with van der Waals surface area (Å²) in [6, 6.07) is 23.0. The normalized spacial score (nSPS) is 14.0. The molecule has 0 radical (unpaired) electrons. The Hall–Kier alpha value is -4.80. The molecule has 1 fully saturated rings. The molecule has 47 heavy (non-hydrogen) atoms. The lowest BCUT2D eigenvalue weighted by molar-refractivity contribution is -0.139. The third kappa shape index (κ3) is 8.52. The number of H-pyrrole nitrogens is 1. The molecule has 1 aliphatic carbocycles. The molecule has 242 valence electrons. The van der Waals surface area contributed by atoms with Crippen molar-refractivity contribution in [2.24, 2.45) is 5.73 Å². The van der Waals surface area contributed by atoms with Crippen LogP contribution in [0, 0.1) is 0 Å². The van der Waals surface area contributed by atoms with Gasteiger partial charge >= 0.3 is 11.9 Å². The van der Waals surface area contributed by atoms with E-state index in [9.17, 15) is 9.59 Å². The quantitative estimate of drug-likeness (QED) is 0.109. The average Bonchev–Trinajstić information content (AvgIpc) is 3.82. The van der Waals surface area contributed by atoms with Gasteiger partial charge in [0.15, 0.2) is 5.13 Å². The minimum Gasteiger partial charge on any atom is -0.489 e. The molecule has 0 aliphatic heterocycles. The molecular weight excluding hydrogens is 611 g/mol. The summed E-state index contributed by atoms with van der Waals surface area (Å²) in [6.07, 6.45) is 9.95. The fourth-order valence-electron chi connectivity index (χ4n) is 5.81. The van der Waals surface area contributed by atoms with Gasteiger partial charge in [-0.1, -0.05) is 55.7 Å². The third-order valence-electron chi connectivity index (χ3n) is 8.53. The molecule has 1 saturated carbocycles. The van der Waals surface area contributed by atoms with E-state index in [1.807, 2.05) is 48.8 Å². The molecule has 0 bridgehead atoms. The highest BCUT2D eigenvalue weighted by Crippen LogP contribution is 2.33.